The third-order valence-corrected chi connectivity index (χ3v) is 4.38. The quantitative estimate of drug-likeness (QED) is 0.405. The molecule has 6 N–H and O–H groups in total. The summed E-state index contributed by atoms with van der Waals surface area (Å²) in [5.74, 6) is 0.229. The molecule has 150 valence electrons. The Morgan fingerprint density at radius 1 is 0.821 bits per heavy atom. The third-order valence-electron chi connectivity index (χ3n) is 4.38. The summed E-state index contributed by atoms with van der Waals surface area (Å²) in [6.07, 6.45) is -3.52. The highest BCUT2D eigenvalue weighted by Crippen LogP contribution is 2.28. The molecule has 8 heteroatoms. The molecule has 0 amide bonds. The molecule has 0 aliphatic carbocycles. The van der Waals surface area contributed by atoms with E-state index >= 15 is 0 Å². The van der Waals surface area contributed by atoms with E-state index < -0.39 is 37.3 Å². The van der Waals surface area contributed by atoms with Crippen molar-refractivity contribution in [2.24, 2.45) is 0 Å². The minimum Gasteiger partial charge on any atom is -0.508 e. The zero-order valence-electron chi connectivity index (χ0n) is 14.8. The van der Waals surface area contributed by atoms with Gasteiger partial charge in [0.2, 0.25) is 6.29 Å². The normalized spacial score (nSPS) is 27.8. The first-order valence-electron chi connectivity index (χ1n) is 8.65. The van der Waals surface area contributed by atoms with Crippen LogP contribution >= 0.6 is 0 Å². The van der Waals surface area contributed by atoms with Gasteiger partial charge in [-0.2, -0.15) is 0 Å². The molecular formula is C20H22O8. The molecule has 1 fully saturated rings. The number of benzene rings is 2. The monoisotopic (exact) mass is 390 g/mol. The Labute approximate surface area is 161 Å². The van der Waals surface area contributed by atoms with E-state index in [4.69, 9.17) is 9.47 Å². The van der Waals surface area contributed by atoms with Gasteiger partial charge >= 0.3 is 0 Å². The van der Waals surface area contributed by atoms with Crippen molar-refractivity contribution in [3.8, 4) is 17.2 Å². The van der Waals surface area contributed by atoms with Gasteiger partial charge in [0, 0.05) is 6.07 Å². The lowest BCUT2D eigenvalue weighted by Crippen LogP contribution is -2.60. The zero-order valence-corrected chi connectivity index (χ0v) is 14.8. The second kappa shape index (κ2) is 8.59. The molecular weight excluding hydrogens is 368 g/mol. The molecule has 1 aliphatic rings. The molecule has 1 heterocycles. The Hall–Kier alpha value is -2.62. The molecule has 0 saturated carbocycles. The van der Waals surface area contributed by atoms with E-state index in [1.165, 1.54) is 12.1 Å². The summed E-state index contributed by atoms with van der Waals surface area (Å²) in [5.41, 5.74) is 1.42. The molecule has 5 atom stereocenters. The van der Waals surface area contributed by atoms with Crippen LogP contribution in [0.3, 0.4) is 0 Å². The van der Waals surface area contributed by atoms with Crippen molar-refractivity contribution in [3.63, 3.8) is 0 Å². The van der Waals surface area contributed by atoms with Gasteiger partial charge in [0.05, 0.1) is 6.61 Å². The molecule has 0 aromatic heterocycles. The molecule has 0 spiro atoms. The Balaban J connectivity index is 1.76. The van der Waals surface area contributed by atoms with Crippen molar-refractivity contribution in [1.29, 1.82) is 0 Å². The van der Waals surface area contributed by atoms with E-state index in [1.54, 1.807) is 42.5 Å². The molecule has 1 saturated heterocycles. The van der Waals surface area contributed by atoms with E-state index in [1.807, 2.05) is 0 Å². The number of phenolic OH excluding ortho intramolecular Hbond substituents is 2. The van der Waals surface area contributed by atoms with Crippen LogP contribution in [-0.4, -0.2) is 68.0 Å². The van der Waals surface area contributed by atoms with E-state index in [0.717, 1.165) is 5.56 Å². The Bertz CT molecular complexity index is 817. The highest BCUT2D eigenvalue weighted by atomic mass is 16.7. The first-order chi connectivity index (χ1) is 13.4. The van der Waals surface area contributed by atoms with E-state index in [0.29, 0.717) is 5.56 Å². The molecule has 2 aromatic carbocycles. The summed E-state index contributed by atoms with van der Waals surface area (Å²) in [4.78, 5) is 0. The standard InChI is InChI=1S/C20H22O8/c21-10-16-17(24)18(25)19(26)20(28-16)27-15-8-12(7-14(23)9-15)2-1-11-3-5-13(22)6-4-11/h1-9,16-26H,10H2/t16-,17-,18+,19-,20+/m1/s1. The van der Waals surface area contributed by atoms with Gasteiger partial charge < -0.3 is 40.1 Å². The van der Waals surface area contributed by atoms with Gasteiger partial charge in [0.1, 0.15) is 41.7 Å². The van der Waals surface area contributed by atoms with Crippen LogP contribution in [0.1, 0.15) is 11.1 Å². The fourth-order valence-electron chi connectivity index (χ4n) is 2.85. The number of hydrogen-bond donors (Lipinski definition) is 6. The lowest BCUT2D eigenvalue weighted by molar-refractivity contribution is -0.277. The van der Waals surface area contributed by atoms with Gasteiger partial charge in [-0.15, -0.1) is 0 Å². The summed E-state index contributed by atoms with van der Waals surface area (Å²) in [6.45, 7) is -0.564. The number of rotatable bonds is 5. The average molecular weight is 390 g/mol. The van der Waals surface area contributed by atoms with Crippen LogP contribution in [0.25, 0.3) is 12.2 Å². The number of aliphatic hydroxyl groups is 4. The van der Waals surface area contributed by atoms with E-state index in [9.17, 15) is 30.6 Å². The van der Waals surface area contributed by atoms with Crippen LogP contribution in [0.4, 0.5) is 0 Å². The number of aliphatic hydroxyl groups excluding tert-OH is 4. The first kappa shape index (κ1) is 20.1. The van der Waals surface area contributed by atoms with Crippen molar-refractivity contribution in [2.45, 2.75) is 30.7 Å². The molecule has 0 unspecified atom stereocenters. The first-order valence-corrected chi connectivity index (χ1v) is 8.65. The fraction of sp³-hybridized carbons (Fsp3) is 0.300. The third kappa shape index (κ3) is 4.61. The number of phenols is 2. The minimum atomic E-state index is -1.55. The highest BCUT2D eigenvalue weighted by molar-refractivity contribution is 5.71. The van der Waals surface area contributed by atoms with Crippen LogP contribution in [0, 0.1) is 0 Å². The van der Waals surface area contributed by atoms with Crippen LogP contribution < -0.4 is 4.74 Å². The molecule has 1 aliphatic heterocycles. The molecule has 8 nitrogen and oxygen atoms in total. The van der Waals surface area contributed by atoms with Crippen molar-refractivity contribution in [3.05, 3.63) is 53.6 Å². The van der Waals surface area contributed by atoms with E-state index in [-0.39, 0.29) is 17.2 Å². The van der Waals surface area contributed by atoms with Crippen molar-refractivity contribution in [2.75, 3.05) is 6.61 Å². The summed E-state index contributed by atoms with van der Waals surface area (Å²) in [5, 5.41) is 58.2. The average Bonchev–Trinajstić information content (AvgIpc) is 2.67. The van der Waals surface area contributed by atoms with Crippen LogP contribution in [-0.2, 0) is 4.74 Å². The second-order valence-electron chi connectivity index (χ2n) is 6.50. The maximum atomic E-state index is 10.1. The van der Waals surface area contributed by atoms with Gasteiger partial charge in [0.15, 0.2) is 0 Å². The number of hydrogen-bond acceptors (Lipinski definition) is 8. The summed E-state index contributed by atoms with van der Waals surface area (Å²) >= 11 is 0. The van der Waals surface area contributed by atoms with Gasteiger partial charge in [0.25, 0.3) is 0 Å². The zero-order chi connectivity index (χ0) is 20.3. The van der Waals surface area contributed by atoms with Crippen LogP contribution in [0.2, 0.25) is 0 Å². The van der Waals surface area contributed by atoms with Gasteiger partial charge in [-0.25, -0.2) is 0 Å². The fourth-order valence-corrected chi connectivity index (χ4v) is 2.85. The predicted molar refractivity (Wildman–Crippen MR) is 99.5 cm³/mol. The minimum absolute atomic E-state index is 0.0903. The molecule has 0 bridgehead atoms. The van der Waals surface area contributed by atoms with Gasteiger partial charge in [-0.1, -0.05) is 24.3 Å². The molecule has 28 heavy (non-hydrogen) atoms. The van der Waals surface area contributed by atoms with Gasteiger partial charge in [-0.05, 0) is 35.4 Å². The largest absolute Gasteiger partial charge is 0.508 e. The Morgan fingerprint density at radius 3 is 2.18 bits per heavy atom. The lowest BCUT2D eigenvalue weighted by Gasteiger charge is -2.39. The molecule has 2 aromatic rings. The van der Waals surface area contributed by atoms with Crippen LogP contribution in [0.5, 0.6) is 17.2 Å². The molecule has 0 radical (unpaired) electrons. The maximum absolute atomic E-state index is 10.1. The van der Waals surface area contributed by atoms with Crippen molar-refractivity contribution < 1.29 is 40.1 Å². The summed E-state index contributed by atoms with van der Waals surface area (Å²) in [6, 6.07) is 10.9. The SMILES string of the molecule is OC[C@H]1O[C@H](Oc2cc(O)cc(C=Cc3ccc(O)cc3)c2)[C@H](O)[C@@H](O)[C@@H]1O. The predicted octanol–water partition coefficient (Wildman–Crippen LogP) is 0.447. The summed E-state index contributed by atoms with van der Waals surface area (Å²) < 4.78 is 10.8. The topological polar surface area (TPSA) is 140 Å². The second-order valence-corrected chi connectivity index (χ2v) is 6.50. The maximum Gasteiger partial charge on any atom is 0.229 e. The van der Waals surface area contributed by atoms with Gasteiger partial charge in [-0.3, -0.25) is 0 Å². The number of ether oxygens (including phenoxy) is 2. The Morgan fingerprint density at radius 2 is 1.50 bits per heavy atom. The Kier molecular flexibility index (Phi) is 6.18. The van der Waals surface area contributed by atoms with Crippen molar-refractivity contribution >= 4 is 12.2 Å². The molecule has 3 rings (SSSR count). The van der Waals surface area contributed by atoms with E-state index in [2.05, 4.69) is 0 Å². The summed E-state index contributed by atoms with van der Waals surface area (Å²) in [7, 11) is 0. The lowest BCUT2D eigenvalue weighted by atomic mass is 9.99. The highest BCUT2D eigenvalue weighted by Gasteiger charge is 2.44. The van der Waals surface area contributed by atoms with Crippen LogP contribution in [0.15, 0.2) is 42.5 Å². The number of aromatic hydroxyl groups is 2. The van der Waals surface area contributed by atoms with Crippen molar-refractivity contribution in [1.82, 2.24) is 0 Å². The smallest absolute Gasteiger partial charge is 0.229 e.